The Morgan fingerprint density at radius 3 is 2.52 bits per heavy atom. The van der Waals surface area contributed by atoms with Gasteiger partial charge < -0.3 is 19.0 Å². The third-order valence-electron chi connectivity index (χ3n) is 3.94. The van der Waals surface area contributed by atoms with Crippen molar-refractivity contribution in [1.29, 1.82) is 0 Å². The fraction of sp³-hybridized carbons (Fsp3) is 0.294. The number of ether oxygens (including phenoxy) is 1. The smallest absolute Gasteiger partial charge is 0.260 e. The molecule has 1 aromatic heterocycles. The van der Waals surface area contributed by atoms with E-state index >= 15 is 0 Å². The molecule has 0 aliphatic carbocycles. The Kier molecular flexibility index (Phi) is 5.23. The third-order valence-corrected chi connectivity index (χ3v) is 4.23. The summed E-state index contributed by atoms with van der Waals surface area (Å²) in [6.45, 7) is 1.57. The Bertz CT molecular complexity index is 758. The quantitative estimate of drug-likeness (QED) is 0.833. The molecule has 1 saturated heterocycles. The van der Waals surface area contributed by atoms with E-state index in [2.05, 4.69) is 0 Å². The minimum Gasteiger partial charge on any atom is -0.484 e. The van der Waals surface area contributed by atoms with Gasteiger partial charge in [-0.25, -0.2) is 4.39 Å². The first-order valence-electron chi connectivity index (χ1n) is 7.71. The molecule has 0 unspecified atom stereocenters. The molecule has 132 valence electrons. The second-order valence-corrected chi connectivity index (χ2v) is 5.96. The monoisotopic (exact) mass is 366 g/mol. The van der Waals surface area contributed by atoms with Crippen molar-refractivity contribution in [2.24, 2.45) is 0 Å². The lowest BCUT2D eigenvalue weighted by Gasteiger charge is -2.34. The molecule has 25 heavy (non-hydrogen) atoms. The number of benzene rings is 1. The van der Waals surface area contributed by atoms with Crippen molar-refractivity contribution in [3.8, 4) is 5.75 Å². The number of hydrogen-bond donors (Lipinski definition) is 0. The van der Waals surface area contributed by atoms with Gasteiger partial charge in [-0.05, 0) is 18.2 Å². The van der Waals surface area contributed by atoms with Crippen LogP contribution in [0.15, 0.2) is 41.2 Å². The molecule has 1 aromatic carbocycles. The summed E-state index contributed by atoms with van der Waals surface area (Å²) in [7, 11) is 0. The van der Waals surface area contributed by atoms with Crippen molar-refractivity contribution in [2.45, 2.75) is 0 Å². The van der Waals surface area contributed by atoms with Crippen molar-refractivity contribution >= 4 is 23.4 Å². The number of amides is 2. The minimum atomic E-state index is -0.543. The van der Waals surface area contributed by atoms with Crippen LogP contribution in [-0.2, 0) is 4.79 Å². The molecule has 0 saturated carbocycles. The standard InChI is InChI=1S/C17H16ClFN2O4/c18-14-9-13(1-2-15(14)19)25-11-16(22)20-4-6-21(7-5-20)17(23)12-3-8-24-10-12/h1-3,8-10H,4-7,11H2. The van der Waals surface area contributed by atoms with Gasteiger partial charge in [0.2, 0.25) is 0 Å². The molecule has 1 fully saturated rings. The van der Waals surface area contributed by atoms with E-state index in [0.717, 1.165) is 0 Å². The molecule has 1 aliphatic heterocycles. The predicted octanol–water partition coefficient (Wildman–Crippen LogP) is 2.44. The maximum atomic E-state index is 13.1. The molecule has 0 atom stereocenters. The van der Waals surface area contributed by atoms with Gasteiger partial charge >= 0.3 is 0 Å². The van der Waals surface area contributed by atoms with Gasteiger partial charge in [0.05, 0.1) is 16.8 Å². The molecule has 2 amide bonds. The topological polar surface area (TPSA) is 63.0 Å². The van der Waals surface area contributed by atoms with Gasteiger partial charge in [0.15, 0.2) is 6.61 Å². The second kappa shape index (κ2) is 7.57. The van der Waals surface area contributed by atoms with Gasteiger partial charge in [-0.3, -0.25) is 9.59 Å². The Hall–Kier alpha value is -2.54. The van der Waals surface area contributed by atoms with Gasteiger partial charge in [-0.1, -0.05) is 11.6 Å². The highest BCUT2D eigenvalue weighted by Gasteiger charge is 2.25. The number of halogens is 2. The van der Waals surface area contributed by atoms with E-state index in [1.54, 1.807) is 15.9 Å². The summed E-state index contributed by atoms with van der Waals surface area (Å²) in [5, 5.41) is -0.0590. The van der Waals surface area contributed by atoms with E-state index in [-0.39, 0.29) is 23.4 Å². The lowest BCUT2D eigenvalue weighted by molar-refractivity contribution is -0.134. The van der Waals surface area contributed by atoms with E-state index in [1.807, 2.05) is 0 Å². The summed E-state index contributed by atoms with van der Waals surface area (Å²) in [5.41, 5.74) is 0.497. The van der Waals surface area contributed by atoms with Crippen LogP contribution < -0.4 is 4.74 Å². The van der Waals surface area contributed by atoms with Crippen molar-refractivity contribution in [2.75, 3.05) is 32.8 Å². The summed E-state index contributed by atoms with van der Waals surface area (Å²) < 4.78 is 23.4. The van der Waals surface area contributed by atoms with Gasteiger partial charge in [-0.15, -0.1) is 0 Å². The number of carbonyl (C=O) groups excluding carboxylic acids is 2. The first-order valence-corrected chi connectivity index (χ1v) is 8.09. The number of nitrogens with zero attached hydrogens (tertiary/aromatic N) is 2. The van der Waals surface area contributed by atoms with Crippen LogP contribution in [0.1, 0.15) is 10.4 Å². The van der Waals surface area contributed by atoms with Crippen LogP contribution in [-0.4, -0.2) is 54.4 Å². The lowest BCUT2D eigenvalue weighted by atomic mass is 10.2. The number of piperazine rings is 1. The number of carbonyl (C=O) groups is 2. The predicted molar refractivity (Wildman–Crippen MR) is 88.1 cm³/mol. The summed E-state index contributed by atoms with van der Waals surface area (Å²) in [4.78, 5) is 27.7. The molecule has 6 nitrogen and oxygen atoms in total. The van der Waals surface area contributed by atoms with Crippen LogP contribution in [0.4, 0.5) is 4.39 Å². The number of hydrogen-bond acceptors (Lipinski definition) is 4. The molecule has 3 rings (SSSR count). The fourth-order valence-corrected chi connectivity index (χ4v) is 2.70. The molecule has 0 radical (unpaired) electrons. The van der Waals surface area contributed by atoms with Crippen molar-refractivity contribution in [3.05, 3.63) is 53.2 Å². The molecule has 2 heterocycles. The summed E-state index contributed by atoms with van der Waals surface area (Å²) >= 11 is 5.67. The zero-order chi connectivity index (χ0) is 17.8. The fourth-order valence-electron chi connectivity index (χ4n) is 2.53. The average molecular weight is 367 g/mol. The molecule has 0 spiro atoms. The van der Waals surface area contributed by atoms with E-state index < -0.39 is 5.82 Å². The first-order chi connectivity index (χ1) is 12.0. The number of furan rings is 1. The summed E-state index contributed by atoms with van der Waals surface area (Å²) in [6.07, 6.45) is 2.85. The van der Waals surface area contributed by atoms with Crippen LogP contribution in [0.3, 0.4) is 0 Å². The largest absolute Gasteiger partial charge is 0.484 e. The Morgan fingerprint density at radius 1 is 1.16 bits per heavy atom. The van der Waals surface area contributed by atoms with Gasteiger partial charge in [0, 0.05) is 32.2 Å². The zero-order valence-electron chi connectivity index (χ0n) is 13.3. The summed E-state index contributed by atoms with van der Waals surface area (Å²) in [6, 6.07) is 5.53. The Labute approximate surface area is 148 Å². The minimum absolute atomic E-state index is 0.0590. The van der Waals surface area contributed by atoms with E-state index in [0.29, 0.717) is 37.5 Å². The number of rotatable bonds is 4. The maximum Gasteiger partial charge on any atom is 0.260 e. The van der Waals surface area contributed by atoms with Crippen LogP contribution in [0, 0.1) is 5.82 Å². The molecular formula is C17H16ClFN2O4. The third kappa shape index (κ3) is 4.11. The highest BCUT2D eigenvalue weighted by atomic mass is 35.5. The van der Waals surface area contributed by atoms with Crippen molar-refractivity contribution in [3.63, 3.8) is 0 Å². The van der Waals surface area contributed by atoms with Gasteiger partial charge in [-0.2, -0.15) is 0 Å². The van der Waals surface area contributed by atoms with Gasteiger partial charge in [0.25, 0.3) is 11.8 Å². The van der Waals surface area contributed by atoms with Crippen LogP contribution in [0.2, 0.25) is 5.02 Å². The van der Waals surface area contributed by atoms with E-state index in [1.165, 1.54) is 30.7 Å². The lowest BCUT2D eigenvalue weighted by Crippen LogP contribution is -2.51. The molecule has 0 N–H and O–H groups in total. The zero-order valence-corrected chi connectivity index (χ0v) is 14.0. The van der Waals surface area contributed by atoms with Gasteiger partial charge in [0.1, 0.15) is 17.8 Å². The van der Waals surface area contributed by atoms with Crippen LogP contribution >= 0.6 is 11.6 Å². The summed E-state index contributed by atoms with van der Waals surface area (Å²) in [5.74, 6) is -0.527. The molecule has 1 aliphatic rings. The average Bonchev–Trinajstić information content (AvgIpc) is 3.16. The van der Waals surface area contributed by atoms with Crippen molar-refractivity contribution < 1.29 is 23.1 Å². The highest BCUT2D eigenvalue weighted by molar-refractivity contribution is 6.30. The van der Waals surface area contributed by atoms with E-state index in [9.17, 15) is 14.0 Å². The molecule has 0 bridgehead atoms. The van der Waals surface area contributed by atoms with E-state index in [4.69, 9.17) is 20.8 Å². The highest BCUT2D eigenvalue weighted by Crippen LogP contribution is 2.21. The second-order valence-electron chi connectivity index (χ2n) is 5.55. The molecule has 8 heteroatoms. The molecule has 2 aromatic rings. The Morgan fingerprint density at radius 2 is 1.88 bits per heavy atom. The van der Waals surface area contributed by atoms with Crippen molar-refractivity contribution in [1.82, 2.24) is 9.80 Å². The SMILES string of the molecule is O=C(COc1ccc(F)c(Cl)c1)N1CCN(C(=O)c2ccoc2)CC1. The first kappa shape index (κ1) is 17.3. The maximum absolute atomic E-state index is 13.1. The van der Waals surface area contributed by atoms with Crippen LogP contribution in [0.5, 0.6) is 5.75 Å². The Balaban J connectivity index is 1.48. The molecular weight excluding hydrogens is 351 g/mol. The van der Waals surface area contributed by atoms with Crippen LogP contribution in [0.25, 0.3) is 0 Å². The normalized spacial score (nSPS) is 14.5.